The molecule has 222 valence electrons. The first kappa shape index (κ1) is 32.3. The van der Waals surface area contributed by atoms with Crippen molar-refractivity contribution in [2.45, 2.75) is 72.8 Å². The van der Waals surface area contributed by atoms with E-state index in [0.29, 0.717) is 23.9 Å². The summed E-state index contributed by atoms with van der Waals surface area (Å²) in [5.41, 5.74) is 3.04. The van der Waals surface area contributed by atoms with Gasteiger partial charge in [0.2, 0.25) is 22.9 Å². The molecule has 10 nitrogen and oxygen atoms in total. The molecule has 0 aliphatic rings. The van der Waals surface area contributed by atoms with Crippen molar-refractivity contribution in [2.75, 3.05) is 10.6 Å². The zero-order chi connectivity index (χ0) is 30.5. The molecule has 0 atom stereocenters. The third kappa shape index (κ3) is 11.3. The number of unbranched alkanes of at least 4 members (excludes halogenated alkanes) is 1. The molecule has 0 spiro atoms. The minimum Gasteiger partial charge on any atom is -0.352 e. The summed E-state index contributed by atoms with van der Waals surface area (Å²) in [5, 5.41) is 26.2. The summed E-state index contributed by atoms with van der Waals surface area (Å²) in [6.07, 6.45) is 8.00. The van der Waals surface area contributed by atoms with Crippen molar-refractivity contribution < 1.29 is 14.4 Å². The third-order valence-electron chi connectivity index (χ3n) is 6.26. The minimum absolute atomic E-state index is 0.0323. The number of aryl methyl sites for hydroxylation is 2. The first-order chi connectivity index (χ1) is 20.0. The van der Waals surface area contributed by atoms with E-state index in [4.69, 9.17) is 0 Å². The van der Waals surface area contributed by atoms with Gasteiger partial charge in [-0.25, -0.2) is 0 Å². The van der Waals surface area contributed by atoms with E-state index in [9.17, 15) is 14.4 Å². The Balaban J connectivity index is 1.40. The molecule has 3 rings (SSSR count). The van der Waals surface area contributed by atoms with E-state index >= 15 is 0 Å². The first-order valence-electron chi connectivity index (χ1n) is 13.9. The molecule has 3 amide bonds. The van der Waals surface area contributed by atoms with E-state index in [1.54, 1.807) is 6.07 Å². The van der Waals surface area contributed by atoms with Crippen LogP contribution in [0.4, 0.5) is 10.9 Å². The number of nitrogens with one attached hydrogen (secondary N) is 3. The van der Waals surface area contributed by atoms with Crippen LogP contribution in [0.5, 0.6) is 0 Å². The Morgan fingerprint density at radius 1 is 0.952 bits per heavy atom. The molecule has 42 heavy (non-hydrogen) atoms. The molecule has 0 bridgehead atoms. The molecule has 0 aliphatic carbocycles. The zero-order valence-corrected chi connectivity index (χ0v) is 25.5. The molecule has 11 heteroatoms. The highest BCUT2D eigenvalue weighted by Crippen LogP contribution is 2.22. The maximum atomic E-state index is 12.7. The largest absolute Gasteiger partial charge is 0.352 e. The SMILES string of the molecule is C=C(C)/C=C\CC(C)(C)C(=O)NCc1cccc(CC(=O)Nc2nnc(CCCCc3ccc(NC(C)=O)nn3)s2)c1. The van der Waals surface area contributed by atoms with E-state index in [0.717, 1.165) is 53.1 Å². The number of hydrogen-bond acceptors (Lipinski definition) is 8. The third-order valence-corrected chi connectivity index (χ3v) is 7.16. The second-order valence-electron chi connectivity index (χ2n) is 10.9. The lowest BCUT2D eigenvalue weighted by Crippen LogP contribution is -2.36. The molecule has 1 aromatic carbocycles. The number of hydrogen-bond donors (Lipinski definition) is 3. The number of nitrogens with zero attached hydrogens (tertiary/aromatic N) is 4. The molecular formula is C31H39N7O3S. The number of amides is 3. The Hall–Kier alpha value is -4.25. The molecular weight excluding hydrogens is 550 g/mol. The normalized spacial score (nSPS) is 11.3. The van der Waals surface area contributed by atoms with Gasteiger partial charge in [0.25, 0.3) is 0 Å². The zero-order valence-electron chi connectivity index (χ0n) is 24.7. The summed E-state index contributed by atoms with van der Waals surface area (Å²) in [7, 11) is 0. The van der Waals surface area contributed by atoms with Crippen LogP contribution in [0.25, 0.3) is 0 Å². The predicted octanol–water partition coefficient (Wildman–Crippen LogP) is 5.20. The van der Waals surface area contributed by atoms with Gasteiger partial charge in [-0.3, -0.25) is 14.4 Å². The van der Waals surface area contributed by atoms with Crippen molar-refractivity contribution >= 4 is 40.0 Å². The number of carbonyl (C=O) groups excluding carboxylic acids is 3. The van der Waals surface area contributed by atoms with Gasteiger partial charge in [-0.15, -0.1) is 15.3 Å². The summed E-state index contributed by atoms with van der Waals surface area (Å²) in [6.45, 7) is 11.4. The second-order valence-corrected chi connectivity index (χ2v) is 11.9. The van der Waals surface area contributed by atoms with Crippen LogP contribution in [-0.4, -0.2) is 38.1 Å². The molecule has 2 aromatic heterocycles. The fourth-order valence-electron chi connectivity index (χ4n) is 4.00. The average molecular weight is 590 g/mol. The number of rotatable bonds is 15. The Labute approximate surface area is 251 Å². The Morgan fingerprint density at radius 2 is 1.71 bits per heavy atom. The summed E-state index contributed by atoms with van der Waals surface area (Å²) >= 11 is 1.37. The lowest BCUT2D eigenvalue weighted by Gasteiger charge is -2.22. The van der Waals surface area contributed by atoms with Gasteiger partial charge < -0.3 is 16.0 Å². The van der Waals surface area contributed by atoms with Gasteiger partial charge in [0.15, 0.2) is 5.82 Å². The molecule has 0 aliphatic heterocycles. The van der Waals surface area contributed by atoms with Crippen LogP contribution in [0.15, 0.2) is 60.7 Å². The van der Waals surface area contributed by atoms with Crippen LogP contribution in [0.3, 0.4) is 0 Å². The summed E-state index contributed by atoms with van der Waals surface area (Å²) in [4.78, 5) is 36.4. The lowest BCUT2D eigenvalue weighted by atomic mass is 9.88. The second kappa shape index (κ2) is 15.7. The van der Waals surface area contributed by atoms with Gasteiger partial charge in [0, 0.05) is 25.3 Å². The summed E-state index contributed by atoms with van der Waals surface area (Å²) in [6, 6.07) is 11.2. The maximum Gasteiger partial charge on any atom is 0.230 e. The van der Waals surface area contributed by atoms with Crippen LogP contribution in [0.1, 0.15) is 68.8 Å². The maximum absolute atomic E-state index is 12.7. The van der Waals surface area contributed by atoms with Gasteiger partial charge in [0.05, 0.1) is 12.1 Å². The van der Waals surface area contributed by atoms with Gasteiger partial charge in [-0.2, -0.15) is 5.10 Å². The Kier molecular flexibility index (Phi) is 12.0. The van der Waals surface area contributed by atoms with Crippen molar-refractivity contribution in [1.82, 2.24) is 25.7 Å². The Bertz CT molecular complexity index is 1410. The molecule has 0 unspecified atom stereocenters. The molecule has 0 saturated heterocycles. The quantitative estimate of drug-likeness (QED) is 0.164. The van der Waals surface area contributed by atoms with Crippen LogP contribution < -0.4 is 16.0 Å². The van der Waals surface area contributed by atoms with Crippen molar-refractivity contribution in [2.24, 2.45) is 5.41 Å². The molecule has 0 saturated carbocycles. The van der Waals surface area contributed by atoms with E-state index < -0.39 is 5.41 Å². The van der Waals surface area contributed by atoms with Crippen molar-refractivity contribution in [3.63, 3.8) is 0 Å². The molecule has 0 fully saturated rings. The summed E-state index contributed by atoms with van der Waals surface area (Å²) in [5.74, 6) is 0.0506. The number of carbonyl (C=O) groups is 3. The number of aromatic nitrogens is 4. The Morgan fingerprint density at radius 3 is 2.43 bits per heavy atom. The van der Waals surface area contributed by atoms with E-state index in [1.807, 2.05) is 63.3 Å². The van der Waals surface area contributed by atoms with Crippen molar-refractivity contribution in [3.8, 4) is 0 Å². The summed E-state index contributed by atoms with van der Waals surface area (Å²) < 4.78 is 0. The number of allylic oxidation sites excluding steroid dienone is 3. The van der Waals surface area contributed by atoms with Gasteiger partial charge in [-0.05, 0) is 55.9 Å². The first-order valence-corrected chi connectivity index (χ1v) is 14.7. The molecule has 3 aromatic rings. The smallest absolute Gasteiger partial charge is 0.230 e. The number of benzene rings is 1. The van der Waals surface area contributed by atoms with Crippen molar-refractivity contribution in [1.29, 1.82) is 0 Å². The lowest BCUT2D eigenvalue weighted by molar-refractivity contribution is -0.129. The van der Waals surface area contributed by atoms with Crippen LogP contribution in [-0.2, 0) is 40.2 Å². The molecule has 3 N–H and O–H groups in total. The van der Waals surface area contributed by atoms with Gasteiger partial charge in [0.1, 0.15) is 5.01 Å². The standard InChI is InChI=1S/C31H39N7O3S/c1-21(2)10-9-17-31(4,5)29(41)32-20-24-12-8-11-23(18-24)19-27(40)34-30-38-37-28(42-30)14-7-6-13-25-15-16-26(36-35-25)33-22(3)39/h8-12,15-16,18H,1,6-7,13-14,17,19-20H2,2-5H3,(H,32,41)(H,33,36,39)(H,34,38,40)/b10-9-. The highest BCUT2D eigenvalue weighted by atomic mass is 32.1. The topological polar surface area (TPSA) is 139 Å². The van der Waals surface area contributed by atoms with Crippen LogP contribution in [0.2, 0.25) is 0 Å². The fraction of sp³-hybridized carbons (Fsp3) is 0.387. The number of anilines is 2. The van der Waals surface area contributed by atoms with Crippen LogP contribution in [0, 0.1) is 5.41 Å². The monoisotopic (exact) mass is 589 g/mol. The highest BCUT2D eigenvalue weighted by molar-refractivity contribution is 7.15. The van der Waals surface area contributed by atoms with Gasteiger partial charge in [-0.1, -0.05) is 73.8 Å². The minimum atomic E-state index is -0.541. The average Bonchev–Trinajstić information content (AvgIpc) is 3.37. The van der Waals surface area contributed by atoms with E-state index in [-0.39, 0.29) is 24.1 Å². The van der Waals surface area contributed by atoms with Crippen LogP contribution >= 0.6 is 11.3 Å². The molecule has 0 radical (unpaired) electrons. The molecule has 2 heterocycles. The predicted molar refractivity (Wildman–Crippen MR) is 166 cm³/mol. The van der Waals surface area contributed by atoms with Gasteiger partial charge >= 0.3 is 0 Å². The van der Waals surface area contributed by atoms with E-state index in [2.05, 4.69) is 42.9 Å². The fourth-order valence-corrected chi connectivity index (χ4v) is 4.79. The highest BCUT2D eigenvalue weighted by Gasteiger charge is 2.25. The van der Waals surface area contributed by atoms with E-state index in [1.165, 1.54) is 18.3 Å². The van der Waals surface area contributed by atoms with Crippen molar-refractivity contribution in [3.05, 3.63) is 82.5 Å².